The van der Waals surface area contributed by atoms with Gasteiger partial charge in [0.15, 0.2) is 18.1 Å². The van der Waals surface area contributed by atoms with Crippen molar-refractivity contribution in [2.24, 2.45) is 0 Å². The predicted molar refractivity (Wildman–Crippen MR) is 120 cm³/mol. The summed E-state index contributed by atoms with van der Waals surface area (Å²) in [7, 11) is 1.50. The van der Waals surface area contributed by atoms with Gasteiger partial charge in [-0.05, 0) is 75.6 Å². The van der Waals surface area contributed by atoms with Crippen molar-refractivity contribution in [3.63, 3.8) is 0 Å². The molecule has 1 heterocycles. The number of carbonyl (C=O) groups excluding carboxylic acids is 2. The molecule has 1 amide bonds. The van der Waals surface area contributed by atoms with Crippen LogP contribution in [0.1, 0.15) is 42.6 Å². The smallest absolute Gasteiger partial charge is 0.338 e. The van der Waals surface area contributed by atoms with Gasteiger partial charge < -0.3 is 24.4 Å². The summed E-state index contributed by atoms with van der Waals surface area (Å²) in [5.74, 6) is -0.0243. The number of ether oxygens (including phenoxy) is 3. The summed E-state index contributed by atoms with van der Waals surface area (Å²) in [6.45, 7) is 7.52. The second-order valence-electron chi connectivity index (χ2n) is 7.85. The van der Waals surface area contributed by atoms with E-state index in [1.54, 1.807) is 18.2 Å². The molecule has 31 heavy (non-hydrogen) atoms. The van der Waals surface area contributed by atoms with Crippen LogP contribution in [0.25, 0.3) is 0 Å². The molecule has 1 N–H and O–H groups in total. The van der Waals surface area contributed by atoms with Crippen molar-refractivity contribution in [2.75, 3.05) is 37.0 Å². The number of hydrogen-bond acceptors (Lipinski definition) is 6. The molecule has 0 unspecified atom stereocenters. The number of amides is 1. The van der Waals surface area contributed by atoms with Crippen molar-refractivity contribution in [1.82, 2.24) is 0 Å². The molecule has 0 spiro atoms. The summed E-state index contributed by atoms with van der Waals surface area (Å²) in [5.41, 5.74) is 3.13. The largest absolute Gasteiger partial charge is 0.493 e. The Morgan fingerprint density at radius 1 is 1.06 bits per heavy atom. The van der Waals surface area contributed by atoms with Gasteiger partial charge in [-0.25, -0.2) is 4.79 Å². The first-order valence-electron chi connectivity index (χ1n) is 10.5. The quantitative estimate of drug-likeness (QED) is 0.638. The highest BCUT2D eigenvalue weighted by Gasteiger charge is 2.16. The number of nitrogens with one attached hydrogen (secondary N) is 1. The van der Waals surface area contributed by atoms with Crippen LogP contribution in [0.3, 0.4) is 0 Å². The zero-order chi connectivity index (χ0) is 22.4. The highest BCUT2D eigenvalue weighted by atomic mass is 16.5. The number of anilines is 2. The molecule has 0 saturated carbocycles. The molecule has 1 aliphatic rings. The first kappa shape index (κ1) is 22.5. The Morgan fingerprint density at radius 3 is 2.45 bits per heavy atom. The number of esters is 1. The molecule has 0 aliphatic carbocycles. The van der Waals surface area contributed by atoms with Crippen LogP contribution < -0.4 is 19.7 Å². The van der Waals surface area contributed by atoms with Crippen molar-refractivity contribution in [3.8, 4) is 11.5 Å². The van der Waals surface area contributed by atoms with E-state index in [0.717, 1.165) is 18.7 Å². The SMILES string of the molecule is COc1cc(C(=O)OCC(=O)Nc2ccc(N3CCCC3)cc2C)ccc1OC(C)C. The molecule has 1 fully saturated rings. The normalized spacial score (nSPS) is 13.3. The van der Waals surface area contributed by atoms with Crippen molar-refractivity contribution in [1.29, 1.82) is 0 Å². The molecule has 0 aromatic heterocycles. The molecule has 2 aromatic carbocycles. The minimum atomic E-state index is -0.606. The Kier molecular flexibility index (Phi) is 7.39. The Hall–Kier alpha value is -3.22. The van der Waals surface area contributed by atoms with Gasteiger partial charge in [-0.1, -0.05) is 0 Å². The molecule has 7 heteroatoms. The van der Waals surface area contributed by atoms with Gasteiger partial charge in [0.2, 0.25) is 0 Å². The van der Waals surface area contributed by atoms with E-state index >= 15 is 0 Å². The lowest BCUT2D eigenvalue weighted by molar-refractivity contribution is -0.119. The van der Waals surface area contributed by atoms with E-state index in [-0.39, 0.29) is 18.3 Å². The van der Waals surface area contributed by atoms with Crippen molar-refractivity contribution < 1.29 is 23.8 Å². The fraction of sp³-hybridized carbons (Fsp3) is 0.417. The van der Waals surface area contributed by atoms with Crippen LogP contribution in [0.15, 0.2) is 36.4 Å². The number of methoxy groups -OCH3 is 1. The number of hydrogen-bond donors (Lipinski definition) is 1. The summed E-state index contributed by atoms with van der Waals surface area (Å²) in [4.78, 5) is 27.0. The van der Waals surface area contributed by atoms with Gasteiger partial charge in [-0.2, -0.15) is 0 Å². The zero-order valence-electron chi connectivity index (χ0n) is 18.6. The van der Waals surface area contributed by atoms with Crippen LogP contribution in [-0.4, -0.2) is 44.8 Å². The van der Waals surface area contributed by atoms with Crippen molar-refractivity contribution >= 4 is 23.3 Å². The summed E-state index contributed by atoms with van der Waals surface area (Å²) < 4.78 is 16.1. The Bertz CT molecular complexity index is 936. The number of carbonyl (C=O) groups is 2. The highest BCUT2D eigenvalue weighted by Crippen LogP contribution is 2.29. The topological polar surface area (TPSA) is 77.1 Å². The molecule has 7 nitrogen and oxygen atoms in total. The zero-order valence-corrected chi connectivity index (χ0v) is 18.6. The molecular formula is C24H30N2O5. The van der Waals surface area contributed by atoms with E-state index in [1.807, 2.05) is 32.9 Å². The maximum Gasteiger partial charge on any atom is 0.338 e. The first-order chi connectivity index (χ1) is 14.9. The summed E-state index contributed by atoms with van der Waals surface area (Å²) >= 11 is 0. The predicted octanol–water partition coefficient (Wildman–Crippen LogP) is 4.19. The monoisotopic (exact) mass is 426 g/mol. The fourth-order valence-electron chi connectivity index (χ4n) is 3.51. The lowest BCUT2D eigenvalue weighted by Gasteiger charge is -2.19. The highest BCUT2D eigenvalue weighted by molar-refractivity contribution is 5.96. The lowest BCUT2D eigenvalue weighted by atomic mass is 10.1. The van der Waals surface area contributed by atoms with Gasteiger partial charge in [-0.3, -0.25) is 4.79 Å². The van der Waals surface area contributed by atoms with E-state index in [1.165, 1.54) is 25.6 Å². The van der Waals surface area contributed by atoms with E-state index in [4.69, 9.17) is 14.2 Å². The fourth-order valence-corrected chi connectivity index (χ4v) is 3.51. The van der Waals surface area contributed by atoms with Gasteiger partial charge in [0.1, 0.15) is 0 Å². The molecule has 3 rings (SSSR count). The Labute approximate surface area is 183 Å². The third-order valence-electron chi connectivity index (χ3n) is 5.05. The van der Waals surface area contributed by atoms with Crippen molar-refractivity contribution in [2.45, 2.75) is 39.7 Å². The van der Waals surface area contributed by atoms with Crippen LogP contribution in [0.5, 0.6) is 11.5 Å². The molecule has 0 bridgehead atoms. The Morgan fingerprint density at radius 2 is 1.81 bits per heavy atom. The summed E-state index contributed by atoms with van der Waals surface area (Å²) in [5, 5.41) is 2.81. The molecule has 166 valence electrons. The van der Waals surface area contributed by atoms with Crippen molar-refractivity contribution in [3.05, 3.63) is 47.5 Å². The number of rotatable bonds is 8. The van der Waals surface area contributed by atoms with Crippen LogP contribution in [-0.2, 0) is 9.53 Å². The van der Waals surface area contributed by atoms with Crippen LogP contribution in [0.2, 0.25) is 0 Å². The van der Waals surface area contributed by atoms with Gasteiger partial charge in [0, 0.05) is 24.5 Å². The minimum absolute atomic E-state index is 0.0247. The van der Waals surface area contributed by atoms with E-state index in [0.29, 0.717) is 17.2 Å². The molecule has 1 saturated heterocycles. The molecular weight excluding hydrogens is 396 g/mol. The standard InChI is InChI=1S/C24H30N2O5/c1-16(2)31-21-10-7-18(14-22(21)29-4)24(28)30-15-23(27)25-20-9-8-19(13-17(20)3)26-11-5-6-12-26/h7-10,13-14,16H,5-6,11-12,15H2,1-4H3,(H,25,27). The summed E-state index contributed by atoms with van der Waals surface area (Å²) in [6, 6.07) is 10.7. The van der Waals surface area contributed by atoms with E-state index in [2.05, 4.69) is 16.3 Å². The molecule has 2 aromatic rings. The number of aryl methyl sites for hydroxylation is 1. The molecule has 0 radical (unpaired) electrons. The minimum Gasteiger partial charge on any atom is -0.493 e. The summed E-state index contributed by atoms with van der Waals surface area (Å²) in [6.07, 6.45) is 2.40. The maximum atomic E-state index is 12.4. The third kappa shape index (κ3) is 5.90. The maximum absolute atomic E-state index is 12.4. The first-order valence-corrected chi connectivity index (χ1v) is 10.5. The van der Waals surface area contributed by atoms with Crippen LogP contribution in [0, 0.1) is 6.92 Å². The molecule has 1 aliphatic heterocycles. The van der Waals surface area contributed by atoms with Gasteiger partial charge in [0.05, 0.1) is 18.8 Å². The van der Waals surface area contributed by atoms with Gasteiger partial charge >= 0.3 is 5.97 Å². The number of benzene rings is 2. The van der Waals surface area contributed by atoms with Gasteiger partial charge in [-0.15, -0.1) is 0 Å². The van der Waals surface area contributed by atoms with E-state index in [9.17, 15) is 9.59 Å². The second-order valence-corrected chi connectivity index (χ2v) is 7.85. The Balaban J connectivity index is 1.56. The lowest BCUT2D eigenvalue weighted by Crippen LogP contribution is -2.22. The second kappa shape index (κ2) is 10.2. The number of nitrogens with zero attached hydrogens (tertiary/aromatic N) is 1. The third-order valence-corrected chi connectivity index (χ3v) is 5.05. The average molecular weight is 427 g/mol. The van der Waals surface area contributed by atoms with E-state index < -0.39 is 11.9 Å². The van der Waals surface area contributed by atoms with Gasteiger partial charge in [0.25, 0.3) is 5.91 Å². The van der Waals surface area contributed by atoms with Crippen LogP contribution in [0.4, 0.5) is 11.4 Å². The average Bonchev–Trinajstić information content (AvgIpc) is 3.28. The van der Waals surface area contributed by atoms with Crippen LogP contribution >= 0.6 is 0 Å². The molecule has 0 atom stereocenters.